The number of nitrogens with one attached hydrogen (secondary N) is 2. The molecule has 4 atom stereocenters. The van der Waals surface area contributed by atoms with Crippen molar-refractivity contribution in [2.24, 2.45) is 5.92 Å². The van der Waals surface area contributed by atoms with Crippen LogP contribution in [0.15, 0.2) is 0 Å². The van der Waals surface area contributed by atoms with E-state index < -0.39 is 0 Å². The SMILES string of the molecule is CCC(O)C(CC)CC1CNC(C)CN1. The fourth-order valence-electron chi connectivity index (χ4n) is 2.29. The largest absolute Gasteiger partial charge is 0.393 e. The Balaban J connectivity index is 2.32. The number of piperazine rings is 1. The monoisotopic (exact) mass is 214 g/mol. The molecular formula is C12H26N2O. The number of hydrogen-bond donors (Lipinski definition) is 3. The van der Waals surface area contributed by atoms with Crippen LogP contribution in [0.2, 0.25) is 0 Å². The van der Waals surface area contributed by atoms with Gasteiger partial charge in [-0.2, -0.15) is 0 Å². The maximum Gasteiger partial charge on any atom is 0.0566 e. The highest BCUT2D eigenvalue weighted by Crippen LogP contribution is 2.18. The molecule has 1 saturated heterocycles. The molecule has 3 heteroatoms. The zero-order chi connectivity index (χ0) is 11.3. The maximum absolute atomic E-state index is 9.85. The summed E-state index contributed by atoms with van der Waals surface area (Å²) < 4.78 is 0. The smallest absolute Gasteiger partial charge is 0.0566 e. The van der Waals surface area contributed by atoms with E-state index in [0.29, 0.717) is 18.0 Å². The first-order valence-electron chi connectivity index (χ1n) is 6.32. The van der Waals surface area contributed by atoms with Crippen LogP contribution >= 0.6 is 0 Å². The first-order valence-corrected chi connectivity index (χ1v) is 6.32. The highest BCUT2D eigenvalue weighted by molar-refractivity contribution is 4.83. The number of hydrogen-bond acceptors (Lipinski definition) is 3. The van der Waals surface area contributed by atoms with Crippen molar-refractivity contribution in [2.45, 2.75) is 58.2 Å². The highest BCUT2D eigenvalue weighted by atomic mass is 16.3. The molecule has 0 aliphatic carbocycles. The molecule has 90 valence electrons. The lowest BCUT2D eigenvalue weighted by atomic mass is 9.89. The van der Waals surface area contributed by atoms with Gasteiger partial charge in [-0.15, -0.1) is 0 Å². The molecule has 1 fully saturated rings. The third-order valence-corrected chi connectivity index (χ3v) is 3.50. The van der Waals surface area contributed by atoms with Crippen LogP contribution in [0.25, 0.3) is 0 Å². The third-order valence-electron chi connectivity index (χ3n) is 3.50. The molecule has 4 unspecified atom stereocenters. The first-order chi connectivity index (χ1) is 7.17. The molecule has 0 radical (unpaired) electrons. The van der Waals surface area contributed by atoms with Gasteiger partial charge < -0.3 is 15.7 Å². The standard InChI is InChI=1S/C12H26N2O/c1-4-10(12(15)5-2)6-11-8-13-9(3)7-14-11/h9-15H,4-8H2,1-3H3. The molecule has 0 amide bonds. The lowest BCUT2D eigenvalue weighted by Gasteiger charge is -2.32. The van der Waals surface area contributed by atoms with Crippen LogP contribution in [0.4, 0.5) is 0 Å². The topological polar surface area (TPSA) is 44.3 Å². The fourth-order valence-corrected chi connectivity index (χ4v) is 2.29. The van der Waals surface area contributed by atoms with Crippen molar-refractivity contribution in [3.63, 3.8) is 0 Å². The predicted octanol–water partition coefficient (Wildman–Crippen LogP) is 1.12. The molecule has 0 bridgehead atoms. The van der Waals surface area contributed by atoms with E-state index >= 15 is 0 Å². The zero-order valence-electron chi connectivity index (χ0n) is 10.3. The van der Waals surface area contributed by atoms with Crippen LogP contribution < -0.4 is 10.6 Å². The van der Waals surface area contributed by atoms with Crippen LogP contribution in [-0.4, -0.2) is 36.4 Å². The molecule has 1 heterocycles. The summed E-state index contributed by atoms with van der Waals surface area (Å²) in [4.78, 5) is 0. The second kappa shape index (κ2) is 6.46. The van der Waals surface area contributed by atoms with E-state index in [4.69, 9.17) is 0 Å². The summed E-state index contributed by atoms with van der Waals surface area (Å²) in [5.41, 5.74) is 0. The lowest BCUT2D eigenvalue weighted by Crippen LogP contribution is -2.54. The Morgan fingerprint density at radius 2 is 1.93 bits per heavy atom. The second-order valence-electron chi connectivity index (χ2n) is 4.79. The van der Waals surface area contributed by atoms with Crippen LogP contribution in [0.5, 0.6) is 0 Å². The van der Waals surface area contributed by atoms with Crippen molar-refractivity contribution < 1.29 is 5.11 Å². The first kappa shape index (κ1) is 12.9. The summed E-state index contributed by atoms with van der Waals surface area (Å²) in [5.74, 6) is 0.447. The molecular weight excluding hydrogens is 188 g/mol. The lowest BCUT2D eigenvalue weighted by molar-refractivity contribution is 0.0873. The van der Waals surface area contributed by atoms with Gasteiger partial charge in [-0.05, 0) is 25.7 Å². The van der Waals surface area contributed by atoms with Crippen molar-refractivity contribution in [1.82, 2.24) is 10.6 Å². The van der Waals surface area contributed by atoms with E-state index in [9.17, 15) is 5.11 Å². The predicted molar refractivity (Wildman–Crippen MR) is 64.0 cm³/mol. The summed E-state index contributed by atoms with van der Waals surface area (Å²) in [6.45, 7) is 8.50. The van der Waals surface area contributed by atoms with E-state index in [-0.39, 0.29) is 6.10 Å². The summed E-state index contributed by atoms with van der Waals surface area (Å²) >= 11 is 0. The Morgan fingerprint density at radius 3 is 2.40 bits per heavy atom. The Labute approximate surface area is 93.6 Å². The van der Waals surface area contributed by atoms with Gasteiger partial charge in [0.2, 0.25) is 0 Å². The Kier molecular flexibility index (Phi) is 5.58. The van der Waals surface area contributed by atoms with Gasteiger partial charge >= 0.3 is 0 Å². The van der Waals surface area contributed by atoms with Crippen molar-refractivity contribution in [2.75, 3.05) is 13.1 Å². The minimum absolute atomic E-state index is 0.129. The molecule has 3 N–H and O–H groups in total. The fraction of sp³-hybridized carbons (Fsp3) is 1.00. The molecule has 1 aliphatic heterocycles. The summed E-state index contributed by atoms with van der Waals surface area (Å²) in [6.07, 6.45) is 2.90. The molecule has 0 aromatic carbocycles. The second-order valence-corrected chi connectivity index (χ2v) is 4.79. The molecule has 3 nitrogen and oxygen atoms in total. The molecule has 15 heavy (non-hydrogen) atoms. The van der Waals surface area contributed by atoms with Crippen molar-refractivity contribution in [1.29, 1.82) is 0 Å². The minimum atomic E-state index is -0.129. The summed E-state index contributed by atoms with van der Waals surface area (Å²) in [6, 6.07) is 1.12. The Bertz CT molecular complexity index is 167. The number of rotatable bonds is 5. The van der Waals surface area contributed by atoms with Crippen molar-refractivity contribution >= 4 is 0 Å². The van der Waals surface area contributed by atoms with E-state index in [1.54, 1.807) is 0 Å². The van der Waals surface area contributed by atoms with Gasteiger partial charge in [-0.3, -0.25) is 0 Å². The summed E-state index contributed by atoms with van der Waals surface area (Å²) in [5, 5.41) is 16.9. The zero-order valence-corrected chi connectivity index (χ0v) is 10.3. The average molecular weight is 214 g/mol. The van der Waals surface area contributed by atoms with E-state index in [1.807, 2.05) is 0 Å². The average Bonchev–Trinajstić information content (AvgIpc) is 2.27. The Hall–Kier alpha value is -0.120. The van der Waals surface area contributed by atoms with E-state index in [0.717, 1.165) is 32.4 Å². The number of aliphatic hydroxyl groups is 1. The molecule has 1 rings (SSSR count). The minimum Gasteiger partial charge on any atom is -0.393 e. The van der Waals surface area contributed by atoms with Crippen LogP contribution in [-0.2, 0) is 0 Å². The van der Waals surface area contributed by atoms with Gasteiger partial charge in [0.25, 0.3) is 0 Å². The van der Waals surface area contributed by atoms with Crippen LogP contribution in [0, 0.1) is 5.92 Å². The Morgan fingerprint density at radius 1 is 1.20 bits per heavy atom. The van der Waals surface area contributed by atoms with E-state index in [1.165, 1.54) is 0 Å². The quantitative estimate of drug-likeness (QED) is 0.643. The molecule has 0 spiro atoms. The normalized spacial score (nSPS) is 31.2. The van der Waals surface area contributed by atoms with Gasteiger partial charge in [0, 0.05) is 25.2 Å². The molecule has 1 aliphatic rings. The highest BCUT2D eigenvalue weighted by Gasteiger charge is 2.23. The van der Waals surface area contributed by atoms with Gasteiger partial charge in [0.15, 0.2) is 0 Å². The van der Waals surface area contributed by atoms with Crippen LogP contribution in [0.1, 0.15) is 40.0 Å². The van der Waals surface area contributed by atoms with Crippen molar-refractivity contribution in [3.8, 4) is 0 Å². The van der Waals surface area contributed by atoms with Gasteiger partial charge in [0.05, 0.1) is 6.10 Å². The van der Waals surface area contributed by atoms with Gasteiger partial charge in [0.1, 0.15) is 0 Å². The molecule has 0 aromatic rings. The maximum atomic E-state index is 9.85. The van der Waals surface area contributed by atoms with Crippen molar-refractivity contribution in [3.05, 3.63) is 0 Å². The summed E-state index contributed by atoms with van der Waals surface area (Å²) in [7, 11) is 0. The molecule has 0 saturated carbocycles. The van der Waals surface area contributed by atoms with Gasteiger partial charge in [-0.25, -0.2) is 0 Å². The van der Waals surface area contributed by atoms with E-state index in [2.05, 4.69) is 31.4 Å². The third kappa shape index (κ3) is 4.09. The molecule has 0 aromatic heterocycles. The van der Waals surface area contributed by atoms with Crippen LogP contribution in [0.3, 0.4) is 0 Å². The van der Waals surface area contributed by atoms with Gasteiger partial charge in [-0.1, -0.05) is 20.3 Å². The number of aliphatic hydroxyl groups excluding tert-OH is 1.